The zero-order valence-electron chi connectivity index (χ0n) is 42.7. The molecule has 0 aliphatic carbocycles. The second kappa shape index (κ2) is 54.5. The molecule has 62 heavy (non-hydrogen) atoms. The molecule has 0 heterocycles. The first-order valence-electron chi connectivity index (χ1n) is 28.9. The third-order valence-electron chi connectivity index (χ3n) is 13.8. The summed E-state index contributed by atoms with van der Waals surface area (Å²) in [5.74, 6) is -0.0305. The first-order valence-corrected chi connectivity index (χ1v) is 28.9. The molecule has 4 nitrogen and oxygen atoms in total. The molecule has 0 aromatic heterocycles. The Balaban J connectivity index is 3.38. The minimum Gasteiger partial charge on any atom is -0.394 e. The van der Waals surface area contributed by atoms with Gasteiger partial charge in [0.05, 0.1) is 18.8 Å². The van der Waals surface area contributed by atoms with Crippen molar-refractivity contribution in [3.63, 3.8) is 0 Å². The molecule has 0 saturated heterocycles. The van der Waals surface area contributed by atoms with Gasteiger partial charge in [0.1, 0.15) is 0 Å². The van der Waals surface area contributed by atoms with E-state index in [9.17, 15) is 15.0 Å². The van der Waals surface area contributed by atoms with Crippen LogP contribution in [0.2, 0.25) is 0 Å². The van der Waals surface area contributed by atoms with Crippen molar-refractivity contribution < 1.29 is 15.0 Å². The van der Waals surface area contributed by atoms with Crippen LogP contribution in [0.3, 0.4) is 0 Å². The van der Waals surface area contributed by atoms with E-state index in [1.165, 1.54) is 283 Å². The summed E-state index contributed by atoms with van der Waals surface area (Å²) in [6.45, 7) is 4.39. The molecule has 0 aromatic carbocycles. The van der Waals surface area contributed by atoms with E-state index in [-0.39, 0.29) is 12.5 Å². The van der Waals surface area contributed by atoms with Gasteiger partial charge in [0.15, 0.2) is 0 Å². The average molecular weight is 875 g/mol. The topological polar surface area (TPSA) is 69.6 Å². The van der Waals surface area contributed by atoms with Crippen LogP contribution in [0, 0.1) is 0 Å². The smallest absolute Gasteiger partial charge is 0.220 e. The van der Waals surface area contributed by atoms with Crippen molar-refractivity contribution in [3.8, 4) is 0 Å². The molecule has 0 spiro atoms. The fourth-order valence-electron chi connectivity index (χ4n) is 9.36. The van der Waals surface area contributed by atoms with Crippen molar-refractivity contribution in [2.45, 2.75) is 347 Å². The second-order valence-electron chi connectivity index (χ2n) is 20.1. The molecule has 3 N–H and O–H groups in total. The normalized spacial score (nSPS) is 12.8. The monoisotopic (exact) mass is 874 g/mol. The highest BCUT2D eigenvalue weighted by atomic mass is 16.3. The Hall–Kier alpha value is -0.870. The fraction of sp³-hybridized carbons (Fsp3) is 0.948. The number of amides is 1. The summed E-state index contributed by atoms with van der Waals surface area (Å²) in [6.07, 6.45) is 70.7. The number of aliphatic hydroxyl groups is 2. The van der Waals surface area contributed by atoms with Crippen LogP contribution in [0.1, 0.15) is 335 Å². The van der Waals surface area contributed by atoms with Crippen molar-refractivity contribution in [2.75, 3.05) is 6.61 Å². The fourth-order valence-corrected chi connectivity index (χ4v) is 9.36. The highest BCUT2D eigenvalue weighted by molar-refractivity contribution is 5.76. The first kappa shape index (κ1) is 61.1. The maximum Gasteiger partial charge on any atom is 0.220 e. The molecule has 0 aliphatic heterocycles. The number of allylic oxidation sites excluding steroid dienone is 2. The Bertz CT molecular complexity index is 860. The Morgan fingerprint density at radius 1 is 0.371 bits per heavy atom. The lowest BCUT2D eigenvalue weighted by Crippen LogP contribution is -2.45. The van der Waals surface area contributed by atoms with Crippen LogP contribution in [0.15, 0.2) is 12.2 Å². The molecule has 0 aliphatic rings. The standard InChI is InChI=1S/C58H115NO3/c1-3-5-7-9-11-13-15-17-19-21-22-23-24-25-26-27-28-29-30-31-32-33-34-35-36-38-39-41-43-45-47-49-51-53-57(61)56(55-60)59-58(62)54-52-50-48-46-44-42-40-37-20-18-16-14-12-10-8-6-4-2/h18,20,56-57,60-61H,3-17,19,21-55H2,1-2H3,(H,59,62)/b20-18-. The lowest BCUT2D eigenvalue weighted by molar-refractivity contribution is -0.123. The minimum absolute atomic E-state index is 0.0305. The van der Waals surface area contributed by atoms with Crippen LogP contribution in [0.25, 0.3) is 0 Å². The van der Waals surface area contributed by atoms with E-state index in [0.29, 0.717) is 12.8 Å². The molecule has 2 unspecified atom stereocenters. The van der Waals surface area contributed by atoms with Crippen LogP contribution < -0.4 is 5.32 Å². The van der Waals surface area contributed by atoms with Gasteiger partial charge in [-0.3, -0.25) is 4.79 Å². The lowest BCUT2D eigenvalue weighted by Gasteiger charge is -2.22. The Morgan fingerprint density at radius 3 is 0.887 bits per heavy atom. The van der Waals surface area contributed by atoms with Crippen LogP contribution >= 0.6 is 0 Å². The van der Waals surface area contributed by atoms with E-state index in [1.54, 1.807) is 0 Å². The van der Waals surface area contributed by atoms with Gasteiger partial charge >= 0.3 is 0 Å². The SMILES string of the molecule is CCCCCCCC/C=C\CCCCCCCCCC(=O)NC(CO)C(O)CCCCCCCCCCCCCCCCCCCCCCCCCCCCCCCCCCC. The van der Waals surface area contributed by atoms with E-state index in [1.807, 2.05) is 0 Å². The zero-order chi connectivity index (χ0) is 44.9. The highest BCUT2D eigenvalue weighted by Crippen LogP contribution is 2.18. The molecule has 2 atom stereocenters. The summed E-state index contributed by atoms with van der Waals surface area (Å²) in [7, 11) is 0. The van der Waals surface area contributed by atoms with Crippen LogP contribution in [0.4, 0.5) is 0 Å². The third-order valence-corrected chi connectivity index (χ3v) is 13.8. The predicted octanol–water partition coefficient (Wildman–Crippen LogP) is 18.9. The molecule has 370 valence electrons. The molecular formula is C58H115NO3. The molecule has 4 heteroatoms. The molecule has 0 saturated carbocycles. The summed E-state index contributed by atoms with van der Waals surface area (Å²) in [6, 6.07) is -0.536. The summed E-state index contributed by atoms with van der Waals surface area (Å²) >= 11 is 0. The van der Waals surface area contributed by atoms with Gasteiger partial charge in [-0.05, 0) is 38.5 Å². The van der Waals surface area contributed by atoms with Crippen LogP contribution in [-0.2, 0) is 4.79 Å². The van der Waals surface area contributed by atoms with E-state index >= 15 is 0 Å². The van der Waals surface area contributed by atoms with Gasteiger partial charge in [0.2, 0.25) is 5.91 Å². The van der Waals surface area contributed by atoms with Crippen LogP contribution in [0.5, 0.6) is 0 Å². The molecule has 1 amide bonds. The van der Waals surface area contributed by atoms with Gasteiger partial charge in [0, 0.05) is 6.42 Å². The predicted molar refractivity (Wildman–Crippen MR) is 276 cm³/mol. The van der Waals surface area contributed by atoms with Gasteiger partial charge in [0.25, 0.3) is 0 Å². The number of carbonyl (C=O) groups excluding carboxylic acids is 1. The van der Waals surface area contributed by atoms with Gasteiger partial charge in [-0.1, -0.05) is 302 Å². The van der Waals surface area contributed by atoms with Gasteiger partial charge in [-0.2, -0.15) is 0 Å². The number of rotatable bonds is 54. The van der Waals surface area contributed by atoms with Gasteiger partial charge in [-0.15, -0.1) is 0 Å². The lowest BCUT2D eigenvalue weighted by atomic mass is 10.0. The summed E-state index contributed by atoms with van der Waals surface area (Å²) in [5, 5.41) is 23.3. The molecule has 0 radical (unpaired) electrons. The zero-order valence-corrected chi connectivity index (χ0v) is 42.7. The maximum atomic E-state index is 12.5. The minimum atomic E-state index is -0.659. The van der Waals surface area contributed by atoms with Crippen molar-refractivity contribution >= 4 is 5.91 Å². The third kappa shape index (κ3) is 50.1. The quantitative estimate of drug-likeness (QED) is 0.0421. The van der Waals surface area contributed by atoms with E-state index in [4.69, 9.17) is 0 Å². The Labute approximate surface area is 390 Å². The molecule has 0 rings (SSSR count). The number of carbonyl (C=O) groups is 1. The Morgan fingerprint density at radius 2 is 0.613 bits per heavy atom. The number of hydrogen-bond donors (Lipinski definition) is 3. The van der Waals surface area contributed by atoms with Crippen molar-refractivity contribution in [1.82, 2.24) is 5.32 Å². The maximum absolute atomic E-state index is 12.5. The number of nitrogens with one attached hydrogen (secondary N) is 1. The number of unbranched alkanes of at least 4 members (excludes halogenated alkanes) is 45. The van der Waals surface area contributed by atoms with Crippen LogP contribution in [-0.4, -0.2) is 34.9 Å². The van der Waals surface area contributed by atoms with Gasteiger partial charge in [-0.25, -0.2) is 0 Å². The van der Waals surface area contributed by atoms with E-state index in [2.05, 4.69) is 31.3 Å². The Kier molecular flexibility index (Phi) is 53.7. The highest BCUT2D eigenvalue weighted by Gasteiger charge is 2.20. The van der Waals surface area contributed by atoms with Gasteiger partial charge < -0.3 is 15.5 Å². The molecule has 0 bridgehead atoms. The summed E-state index contributed by atoms with van der Waals surface area (Å²) in [5.41, 5.74) is 0. The van der Waals surface area contributed by atoms with E-state index in [0.717, 1.165) is 25.7 Å². The van der Waals surface area contributed by atoms with Crippen molar-refractivity contribution in [3.05, 3.63) is 12.2 Å². The van der Waals surface area contributed by atoms with Crippen molar-refractivity contribution in [2.24, 2.45) is 0 Å². The summed E-state index contributed by atoms with van der Waals surface area (Å²) in [4.78, 5) is 12.5. The van der Waals surface area contributed by atoms with Crippen molar-refractivity contribution in [1.29, 1.82) is 0 Å². The average Bonchev–Trinajstić information content (AvgIpc) is 3.28. The van der Waals surface area contributed by atoms with E-state index < -0.39 is 12.1 Å². The molecular weight excluding hydrogens is 759 g/mol. The summed E-state index contributed by atoms with van der Waals surface area (Å²) < 4.78 is 0. The molecule has 0 aromatic rings. The number of hydrogen-bond acceptors (Lipinski definition) is 3. The number of aliphatic hydroxyl groups excluding tert-OH is 2. The largest absolute Gasteiger partial charge is 0.394 e. The molecule has 0 fully saturated rings. The first-order chi connectivity index (χ1) is 30.7. The second-order valence-corrected chi connectivity index (χ2v) is 20.1.